The van der Waals surface area contributed by atoms with Gasteiger partial charge in [-0.25, -0.2) is 4.79 Å². The first-order valence-corrected chi connectivity index (χ1v) is 8.43. The number of carbonyl (C=O) groups excluding carboxylic acids is 1. The van der Waals surface area contributed by atoms with E-state index in [9.17, 15) is 14.7 Å². The number of furan rings is 1. The van der Waals surface area contributed by atoms with E-state index in [4.69, 9.17) is 4.42 Å². The van der Waals surface area contributed by atoms with E-state index < -0.39 is 11.9 Å². The highest BCUT2D eigenvalue weighted by molar-refractivity contribution is 6.02. The molecule has 136 valence electrons. The minimum atomic E-state index is -1.25. The zero-order valence-electron chi connectivity index (χ0n) is 15.0. The Morgan fingerprint density at radius 2 is 1.70 bits per heavy atom. The van der Waals surface area contributed by atoms with E-state index in [2.05, 4.69) is 5.32 Å². The van der Waals surface area contributed by atoms with Crippen molar-refractivity contribution < 1.29 is 19.1 Å². The number of aryl methyl sites for hydroxylation is 1. The number of rotatable bonds is 5. The quantitative estimate of drug-likeness (QED) is 0.659. The molecule has 3 aromatic rings. The first-order valence-electron chi connectivity index (χ1n) is 8.43. The summed E-state index contributed by atoms with van der Waals surface area (Å²) >= 11 is 0. The van der Waals surface area contributed by atoms with E-state index in [0.29, 0.717) is 17.1 Å². The summed E-state index contributed by atoms with van der Waals surface area (Å²) in [5.41, 5.74) is 3.30. The highest BCUT2D eigenvalue weighted by Gasteiger charge is 2.15. The lowest BCUT2D eigenvalue weighted by atomic mass is 10.0. The number of carboxylic acid groups (broad SMARTS) is 1. The number of nitrogens with one attached hydrogen (secondary N) is 1. The summed E-state index contributed by atoms with van der Waals surface area (Å²) in [6.45, 7) is 4.02. The Morgan fingerprint density at radius 1 is 0.963 bits per heavy atom. The summed E-state index contributed by atoms with van der Waals surface area (Å²) < 4.78 is 5.78. The lowest BCUT2D eigenvalue weighted by Crippen LogP contribution is -2.27. The van der Waals surface area contributed by atoms with Crippen molar-refractivity contribution in [1.82, 2.24) is 5.32 Å². The van der Waals surface area contributed by atoms with E-state index in [0.717, 1.165) is 16.7 Å². The predicted octanol–water partition coefficient (Wildman–Crippen LogP) is 4.42. The number of amides is 1. The van der Waals surface area contributed by atoms with Crippen molar-refractivity contribution in [3.8, 4) is 11.3 Å². The average Bonchev–Trinajstić information content (AvgIpc) is 3.12. The first kappa shape index (κ1) is 18.2. The molecule has 0 aliphatic rings. The third-order valence-electron chi connectivity index (χ3n) is 4.30. The van der Waals surface area contributed by atoms with Crippen LogP contribution < -0.4 is 5.32 Å². The van der Waals surface area contributed by atoms with Crippen LogP contribution in [0, 0.1) is 13.8 Å². The van der Waals surface area contributed by atoms with Crippen LogP contribution in [0.3, 0.4) is 0 Å². The fraction of sp³-hybridized carbons (Fsp3) is 0.0909. The molecule has 0 bridgehead atoms. The van der Waals surface area contributed by atoms with Crippen LogP contribution in [0.2, 0.25) is 0 Å². The molecule has 5 nitrogen and oxygen atoms in total. The predicted molar refractivity (Wildman–Crippen MR) is 103 cm³/mol. The molecule has 0 saturated heterocycles. The second-order valence-electron chi connectivity index (χ2n) is 6.13. The van der Waals surface area contributed by atoms with Gasteiger partial charge in [0.05, 0.1) is 0 Å². The summed E-state index contributed by atoms with van der Waals surface area (Å²) in [6.07, 6.45) is 1.30. The molecule has 0 aliphatic carbocycles. The molecule has 5 heteroatoms. The third-order valence-corrected chi connectivity index (χ3v) is 4.30. The van der Waals surface area contributed by atoms with Gasteiger partial charge in [-0.3, -0.25) is 4.79 Å². The van der Waals surface area contributed by atoms with Crippen molar-refractivity contribution in [2.24, 2.45) is 0 Å². The molecule has 0 aliphatic heterocycles. The molecule has 0 spiro atoms. The van der Waals surface area contributed by atoms with Gasteiger partial charge in [0.25, 0.3) is 5.91 Å². The largest absolute Gasteiger partial charge is 0.477 e. The lowest BCUT2D eigenvalue weighted by Gasteiger charge is -2.06. The summed E-state index contributed by atoms with van der Waals surface area (Å²) in [5, 5.41) is 11.8. The van der Waals surface area contributed by atoms with Crippen LogP contribution in [0.15, 0.2) is 70.8 Å². The van der Waals surface area contributed by atoms with E-state index in [-0.39, 0.29) is 5.70 Å². The zero-order chi connectivity index (χ0) is 19.4. The standard InChI is InChI=1S/C22H19NO4/c1-14-7-6-10-18(15(14)2)20-12-11-17(27-20)13-19(22(25)26)23-21(24)16-8-4-3-5-9-16/h3-13H,1-2H3,(H,23,24)(H,25,26). The molecule has 2 N–H and O–H groups in total. The Bertz CT molecular complexity index is 1020. The second kappa shape index (κ2) is 7.74. The van der Waals surface area contributed by atoms with Crippen molar-refractivity contribution in [2.75, 3.05) is 0 Å². The summed E-state index contributed by atoms with van der Waals surface area (Å²) in [6, 6.07) is 17.8. The van der Waals surface area contributed by atoms with E-state index in [1.807, 2.05) is 32.0 Å². The number of hydrogen-bond acceptors (Lipinski definition) is 3. The van der Waals surface area contributed by atoms with Crippen molar-refractivity contribution in [3.63, 3.8) is 0 Å². The van der Waals surface area contributed by atoms with E-state index in [1.165, 1.54) is 6.08 Å². The van der Waals surface area contributed by atoms with Gasteiger partial charge in [-0.15, -0.1) is 0 Å². The van der Waals surface area contributed by atoms with E-state index in [1.54, 1.807) is 42.5 Å². The highest BCUT2D eigenvalue weighted by Crippen LogP contribution is 2.28. The first-order chi connectivity index (χ1) is 13.0. The van der Waals surface area contributed by atoms with Crippen LogP contribution in [0.1, 0.15) is 27.2 Å². The molecule has 1 heterocycles. The van der Waals surface area contributed by atoms with Gasteiger partial charge < -0.3 is 14.8 Å². The van der Waals surface area contributed by atoms with Gasteiger partial charge in [-0.2, -0.15) is 0 Å². The van der Waals surface area contributed by atoms with Gasteiger partial charge in [-0.1, -0.05) is 36.4 Å². The summed E-state index contributed by atoms with van der Waals surface area (Å²) in [4.78, 5) is 23.7. The monoisotopic (exact) mass is 361 g/mol. The van der Waals surface area contributed by atoms with Crippen molar-refractivity contribution >= 4 is 18.0 Å². The van der Waals surface area contributed by atoms with Crippen molar-refractivity contribution in [1.29, 1.82) is 0 Å². The van der Waals surface area contributed by atoms with Crippen molar-refractivity contribution in [2.45, 2.75) is 13.8 Å². The number of hydrogen-bond donors (Lipinski definition) is 2. The Labute approximate surface area is 157 Å². The maximum atomic E-state index is 12.2. The molecule has 0 saturated carbocycles. The molecule has 0 radical (unpaired) electrons. The SMILES string of the molecule is Cc1cccc(-c2ccc(C=C(NC(=O)c3ccccc3)C(=O)O)o2)c1C. The maximum absolute atomic E-state index is 12.2. The lowest BCUT2D eigenvalue weighted by molar-refractivity contribution is -0.132. The molecule has 0 atom stereocenters. The van der Waals surface area contributed by atoms with Gasteiger partial charge in [0.2, 0.25) is 0 Å². The van der Waals surface area contributed by atoms with Crippen LogP contribution in [-0.4, -0.2) is 17.0 Å². The number of benzene rings is 2. The summed E-state index contributed by atoms with van der Waals surface area (Å²) in [7, 11) is 0. The van der Waals surface area contributed by atoms with Gasteiger partial charge in [-0.05, 0) is 49.2 Å². The molecule has 0 unspecified atom stereocenters. The number of carboxylic acids is 1. The molecule has 2 aromatic carbocycles. The molecule has 27 heavy (non-hydrogen) atoms. The maximum Gasteiger partial charge on any atom is 0.352 e. The Balaban J connectivity index is 1.87. The third kappa shape index (κ3) is 4.15. The minimum absolute atomic E-state index is 0.259. The Kier molecular flexibility index (Phi) is 5.22. The number of carbonyl (C=O) groups is 2. The fourth-order valence-electron chi connectivity index (χ4n) is 2.67. The molecule has 1 amide bonds. The van der Waals surface area contributed by atoms with Gasteiger partial charge in [0, 0.05) is 17.2 Å². The van der Waals surface area contributed by atoms with Crippen LogP contribution in [0.4, 0.5) is 0 Å². The molecular formula is C22H19NO4. The Hall–Kier alpha value is -3.60. The van der Waals surface area contributed by atoms with Gasteiger partial charge in [0.1, 0.15) is 17.2 Å². The normalized spacial score (nSPS) is 11.3. The zero-order valence-corrected chi connectivity index (χ0v) is 15.0. The average molecular weight is 361 g/mol. The number of aliphatic carboxylic acids is 1. The molecular weight excluding hydrogens is 342 g/mol. The second-order valence-corrected chi connectivity index (χ2v) is 6.13. The van der Waals surface area contributed by atoms with E-state index >= 15 is 0 Å². The molecule has 0 fully saturated rings. The van der Waals surface area contributed by atoms with Crippen LogP contribution in [0.25, 0.3) is 17.4 Å². The van der Waals surface area contributed by atoms with Gasteiger partial charge in [0.15, 0.2) is 0 Å². The summed E-state index contributed by atoms with van der Waals surface area (Å²) in [5.74, 6) is -0.757. The van der Waals surface area contributed by atoms with Crippen LogP contribution in [0.5, 0.6) is 0 Å². The van der Waals surface area contributed by atoms with Crippen molar-refractivity contribution in [3.05, 3.63) is 88.8 Å². The topological polar surface area (TPSA) is 79.5 Å². The smallest absolute Gasteiger partial charge is 0.352 e. The molecule has 1 aromatic heterocycles. The fourth-order valence-corrected chi connectivity index (χ4v) is 2.67. The van der Waals surface area contributed by atoms with Gasteiger partial charge >= 0.3 is 5.97 Å². The molecule has 3 rings (SSSR count). The van der Waals surface area contributed by atoms with Crippen LogP contribution >= 0.6 is 0 Å². The highest BCUT2D eigenvalue weighted by atomic mass is 16.4. The Morgan fingerprint density at radius 3 is 2.41 bits per heavy atom. The van der Waals surface area contributed by atoms with Crippen LogP contribution in [-0.2, 0) is 4.79 Å². The minimum Gasteiger partial charge on any atom is -0.477 e.